The van der Waals surface area contributed by atoms with Gasteiger partial charge in [0.25, 0.3) is 0 Å². The van der Waals surface area contributed by atoms with Crippen molar-refractivity contribution in [3.8, 4) is 39.7 Å². The molecule has 3 heterocycles. The molecule has 0 bridgehead atoms. The molecule has 1 saturated carbocycles. The van der Waals surface area contributed by atoms with Gasteiger partial charge in [-0.3, -0.25) is 0 Å². The summed E-state index contributed by atoms with van der Waals surface area (Å²) in [4.78, 5) is 9.42. The van der Waals surface area contributed by atoms with Crippen LogP contribution in [0.1, 0.15) is 91.7 Å². The number of nitrogens with zero attached hydrogens (tertiary/aromatic N) is 3. The zero-order valence-electron chi connectivity index (χ0n) is 34.8. The van der Waals surface area contributed by atoms with E-state index >= 15 is 0 Å². The molecular weight excluding hydrogens is 903 g/mol. The summed E-state index contributed by atoms with van der Waals surface area (Å²) in [5.74, 6) is 1.30. The SMILES string of the molecule is C[Si](C)(C)c1cnc(-c2[c-]cc(C#N)cc2)cc1CC1CCCC1.Cc1cnc(-c2[c-]cc3oc4cc(-c5cccc6c5CCCC6)ccc4c3c2)cc1C(C)C.[Ir]. The number of fused-ring (bicyclic) bond motifs is 4. The van der Waals surface area contributed by atoms with Crippen molar-refractivity contribution in [1.29, 1.82) is 5.26 Å². The minimum absolute atomic E-state index is 0. The molecule has 2 aliphatic rings. The summed E-state index contributed by atoms with van der Waals surface area (Å²) < 4.78 is 6.28. The second-order valence-corrected chi connectivity index (χ2v) is 22.6. The van der Waals surface area contributed by atoms with E-state index in [-0.39, 0.29) is 20.1 Å². The first kappa shape index (κ1) is 41.5. The van der Waals surface area contributed by atoms with Crippen LogP contribution in [0.5, 0.6) is 0 Å². The largest absolute Gasteiger partial charge is 0.500 e. The summed E-state index contributed by atoms with van der Waals surface area (Å²) in [6.45, 7) is 13.8. The Balaban J connectivity index is 0.000000183. The monoisotopic (exact) mass is 956 g/mol. The first-order chi connectivity index (χ1) is 27.6. The Morgan fingerprint density at radius 3 is 2.31 bits per heavy atom. The quantitative estimate of drug-likeness (QED) is 0.118. The number of rotatable bonds is 7. The van der Waals surface area contributed by atoms with E-state index in [0.29, 0.717) is 11.5 Å². The molecule has 4 nitrogen and oxygen atoms in total. The van der Waals surface area contributed by atoms with Crippen molar-refractivity contribution in [3.63, 3.8) is 0 Å². The first-order valence-electron chi connectivity index (χ1n) is 20.9. The normalized spacial score (nSPS) is 14.2. The van der Waals surface area contributed by atoms with Crippen LogP contribution in [0.4, 0.5) is 0 Å². The Hall–Kier alpha value is -4.66. The van der Waals surface area contributed by atoms with Crippen molar-refractivity contribution in [2.45, 2.75) is 104 Å². The van der Waals surface area contributed by atoms with Crippen LogP contribution in [-0.2, 0) is 39.4 Å². The molecule has 7 aromatic rings. The van der Waals surface area contributed by atoms with Gasteiger partial charge in [-0.1, -0.05) is 113 Å². The molecule has 4 aromatic carbocycles. The molecule has 1 radical (unpaired) electrons. The van der Waals surface area contributed by atoms with Gasteiger partial charge in [0.05, 0.1) is 13.7 Å². The van der Waals surface area contributed by atoms with E-state index in [1.807, 2.05) is 24.4 Å². The van der Waals surface area contributed by atoms with Gasteiger partial charge in [0.1, 0.15) is 5.58 Å². The van der Waals surface area contributed by atoms with E-state index in [1.54, 1.807) is 6.07 Å². The molecule has 0 amide bonds. The molecule has 58 heavy (non-hydrogen) atoms. The number of aromatic nitrogens is 2. The maximum atomic E-state index is 8.95. The van der Waals surface area contributed by atoms with Gasteiger partial charge in [0, 0.05) is 44.0 Å². The van der Waals surface area contributed by atoms with Crippen LogP contribution in [0.15, 0.2) is 95.7 Å². The molecule has 0 N–H and O–H groups in total. The Morgan fingerprint density at radius 1 is 0.810 bits per heavy atom. The topological polar surface area (TPSA) is 62.7 Å². The molecule has 2 aliphatic carbocycles. The summed E-state index contributed by atoms with van der Waals surface area (Å²) in [6.07, 6.45) is 15.7. The van der Waals surface area contributed by atoms with Crippen LogP contribution in [0, 0.1) is 36.3 Å². The smallest absolute Gasteiger partial charge is 0.121 e. The molecule has 9 rings (SSSR count). The maximum absolute atomic E-state index is 8.95. The number of hydrogen-bond acceptors (Lipinski definition) is 4. The van der Waals surface area contributed by atoms with Crippen LogP contribution in [0.25, 0.3) is 55.6 Å². The van der Waals surface area contributed by atoms with Crippen molar-refractivity contribution >= 4 is 35.2 Å². The van der Waals surface area contributed by atoms with Gasteiger partial charge in [0.2, 0.25) is 0 Å². The Bertz CT molecular complexity index is 2600. The molecule has 0 unspecified atom stereocenters. The number of hydrogen-bond donors (Lipinski definition) is 0. The number of aryl methyl sites for hydroxylation is 2. The van der Waals surface area contributed by atoms with Gasteiger partial charge < -0.3 is 14.4 Å². The van der Waals surface area contributed by atoms with Crippen LogP contribution in [0.2, 0.25) is 19.6 Å². The predicted molar refractivity (Wildman–Crippen MR) is 239 cm³/mol. The van der Waals surface area contributed by atoms with Crippen LogP contribution in [-0.4, -0.2) is 18.0 Å². The Morgan fingerprint density at radius 2 is 1.57 bits per heavy atom. The van der Waals surface area contributed by atoms with Crippen LogP contribution < -0.4 is 5.19 Å². The van der Waals surface area contributed by atoms with E-state index in [1.165, 1.54) is 102 Å². The molecule has 0 atom stereocenters. The van der Waals surface area contributed by atoms with Crippen molar-refractivity contribution in [3.05, 3.63) is 137 Å². The number of pyridine rings is 2. The number of nitriles is 1. The van der Waals surface area contributed by atoms with Crippen LogP contribution in [0.3, 0.4) is 0 Å². The second kappa shape index (κ2) is 17.7. The summed E-state index contributed by atoms with van der Waals surface area (Å²) in [6, 6.07) is 36.4. The average molecular weight is 956 g/mol. The molecule has 3 aromatic heterocycles. The molecule has 6 heteroatoms. The van der Waals surface area contributed by atoms with E-state index in [2.05, 4.69) is 119 Å². The third kappa shape index (κ3) is 8.83. The van der Waals surface area contributed by atoms with E-state index in [4.69, 9.17) is 19.6 Å². The van der Waals surface area contributed by atoms with Gasteiger partial charge in [-0.15, -0.1) is 53.6 Å². The molecule has 0 spiro atoms. The van der Waals surface area contributed by atoms with Gasteiger partial charge in [-0.2, -0.15) is 0 Å². The summed E-state index contributed by atoms with van der Waals surface area (Å²) in [5.41, 5.74) is 16.1. The fraction of sp³-hybridized carbons (Fsp3) is 0.327. The fourth-order valence-corrected chi connectivity index (χ4v) is 10.7. The van der Waals surface area contributed by atoms with Gasteiger partial charge in [0.15, 0.2) is 0 Å². The van der Waals surface area contributed by atoms with Gasteiger partial charge in [-0.05, 0) is 112 Å². The first-order valence-corrected chi connectivity index (χ1v) is 24.4. The Kier molecular flexibility index (Phi) is 12.6. The third-order valence-electron chi connectivity index (χ3n) is 12.2. The molecule has 0 aliphatic heterocycles. The maximum Gasteiger partial charge on any atom is 0.121 e. The molecule has 1 fully saturated rings. The van der Waals surface area contributed by atoms with E-state index in [9.17, 15) is 0 Å². The van der Waals surface area contributed by atoms with E-state index < -0.39 is 8.07 Å². The predicted octanol–water partition coefficient (Wildman–Crippen LogP) is 13.1. The molecular formula is C52H53IrN3OSi-2. The number of furan rings is 1. The Labute approximate surface area is 359 Å². The van der Waals surface area contributed by atoms with Crippen molar-refractivity contribution < 1.29 is 24.5 Å². The minimum Gasteiger partial charge on any atom is -0.500 e. The number of benzene rings is 4. The molecule has 297 valence electrons. The van der Waals surface area contributed by atoms with Crippen molar-refractivity contribution in [1.82, 2.24) is 9.97 Å². The van der Waals surface area contributed by atoms with Gasteiger partial charge in [-0.25, -0.2) is 5.26 Å². The van der Waals surface area contributed by atoms with Crippen LogP contribution >= 0.6 is 0 Å². The summed E-state index contributed by atoms with van der Waals surface area (Å²) >= 11 is 0. The average Bonchev–Trinajstić information content (AvgIpc) is 3.87. The zero-order chi connectivity index (χ0) is 39.7. The van der Waals surface area contributed by atoms with Crippen molar-refractivity contribution in [2.24, 2.45) is 5.92 Å². The molecule has 0 saturated heterocycles. The third-order valence-corrected chi connectivity index (χ3v) is 14.2. The second-order valence-electron chi connectivity index (χ2n) is 17.6. The minimum atomic E-state index is -1.40. The van der Waals surface area contributed by atoms with E-state index in [0.717, 1.165) is 50.4 Å². The standard InChI is InChI=1S/C31H28NO.C21H25N2Si.Ir/c1-19(2)27-17-29(32-18-20(27)3)23-12-14-30-28(15-23)26-13-11-22(16-31(26)33-30)25-10-6-8-21-7-4-5-9-24(21)25;1-24(2,3)21-15-23-20(18-10-8-17(14-22)9-11-18)13-19(21)12-16-6-4-5-7-16;/h6,8,10-11,13-19H,4-5,7,9H2,1-3H3;8-10,13,15-16H,4-7,12H2,1-3H3;/q2*-1;. The van der Waals surface area contributed by atoms with Gasteiger partial charge >= 0.3 is 0 Å². The zero-order valence-corrected chi connectivity index (χ0v) is 38.2. The summed E-state index contributed by atoms with van der Waals surface area (Å²) in [7, 11) is -1.40. The van der Waals surface area contributed by atoms with Crippen molar-refractivity contribution in [2.75, 3.05) is 0 Å². The summed E-state index contributed by atoms with van der Waals surface area (Å²) in [5, 5.41) is 12.7. The fourth-order valence-electron chi connectivity index (χ4n) is 9.06.